The minimum Gasteiger partial charge on any atom is -0.375 e. The number of benzene rings is 2. The third kappa shape index (κ3) is 5.23. The van der Waals surface area contributed by atoms with Crippen LogP contribution >= 0.6 is 35.0 Å². The van der Waals surface area contributed by atoms with Gasteiger partial charge in [0, 0.05) is 53.0 Å². The molecule has 170 valence electrons. The van der Waals surface area contributed by atoms with E-state index in [9.17, 15) is 0 Å². The highest BCUT2D eigenvalue weighted by molar-refractivity contribution is 7.98. The average molecular weight is 498 g/mol. The lowest BCUT2D eigenvalue weighted by Crippen LogP contribution is -2.41. The van der Waals surface area contributed by atoms with Crippen molar-refractivity contribution in [3.05, 3.63) is 88.2 Å². The van der Waals surface area contributed by atoms with E-state index in [0.29, 0.717) is 10.0 Å². The van der Waals surface area contributed by atoms with Crippen molar-refractivity contribution >= 4 is 40.6 Å². The second kappa shape index (κ2) is 10.1. The number of morpholine rings is 1. The van der Waals surface area contributed by atoms with Gasteiger partial charge in [-0.3, -0.25) is 0 Å². The van der Waals surface area contributed by atoms with E-state index in [4.69, 9.17) is 32.9 Å². The quantitative estimate of drug-likeness (QED) is 0.285. The molecule has 1 aliphatic rings. The Kier molecular flexibility index (Phi) is 6.95. The predicted molar refractivity (Wildman–Crippen MR) is 138 cm³/mol. The maximum atomic E-state index is 6.81. The third-order valence-corrected chi connectivity index (χ3v) is 7.51. The molecule has 4 aromatic rings. The Labute approximate surface area is 208 Å². The van der Waals surface area contributed by atoms with Crippen LogP contribution in [0.5, 0.6) is 0 Å². The molecule has 2 aromatic carbocycles. The van der Waals surface area contributed by atoms with E-state index in [1.807, 2.05) is 30.5 Å². The summed E-state index contributed by atoms with van der Waals surface area (Å²) in [5.74, 6) is 0.904. The van der Waals surface area contributed by atoms with Gasteiger partial charge in [0.05, 0.1) is 29.1 Å². The number of aromatic nitrogens is 2. The first kappa shape index (κ1) is 22.8. The SMILES string of the molecule is CN1CCOC(Cc2c(-c3ccc(SCc4ccccc4)cc3Cl)nc3cc(Cl)ccn23)C1. The van der Waals surface area contributed by atoms with Gasteiger partial charge in [-0.05, 0) is 30.8 Å². The molecule has 33 heavy (non-hydrogen) atoms. The first-order valence-electron chi connectivity index (χ1n) is 11.0. The summed E-state index contributed by atoms with van der Waals surface area (Å²) in [6, 6.07) is 20.5. The maximum absolute atomic E-state index is 6.81. The van der Waals surface area contributed by atoms with Gasteiger partial charge < -0.3 is 14.0 Å². The molecule has 1 atom stereocenters. The average Bonchev–Trinajstić information content (AvgIpc) is 3.15. The van der Waals surface area contributed by atoms with Gasteiger partial charge in [0.25, 0.3) is 0 Å². The fourth-order valence-electron chi connectivity index (χ4n) is 4.21. The zero-order valence-corrected chi connectivity index (χ0v) is 20.7. The number of hydrogen-bond acceptors (Lipinski definition) is 4. The maximum Gasteiger partial charge on any atom is 0.139 e. The summed E-state index contributed by atoms with van der Waals surface area (Å²) in [5, 5.41) is 1.36. The molecule has 5 rings (SSSR count). The number of rotatable bonds is 6. The summed E-state index contributed by atoms with van der Waals surface area (Å²) in [6.45, 7) is 2.59. The van der Waals surface area contributed by atoms with Gasteiger partial charge in [0.2, 0.25) is 0 Å². The minimum atomic E-state index is 0.109. The normalized spacial score (nSPS) is 17.0. The second-order valence-corrected chi connectivity index (χ2v) is 10.2. The predicted octanol–water partition coefficient (Wildman–Crippen LogP) is 6.47. The molecule has 7 heteroatoms. The van der Waals surface area contributed by atoms with E-state index in [0.717, 1.165) is 59.4 Å². The number of nitrogens with zero attached hydrogens (tertiary/aromatic N) is 3. The summed E-state index contributed by atoms with van der Waals surface area (Å²) < 4.78 is 8.17. The summed E-state index contributed by atoms with van der Waals surface area (Å²) >= 11 is 14.9. The lowest BCUT2D eigenvalue weighted by Gasteiger charge is -2.30. The van der Waals surface area contributed by atoms with Gasteiger partial charge in [0.1, 0.15) is 5.65 Å². The largest absolute Gasteiger partial charge is 0.375 e. The monoisotopic (exact) mass is 497 g/mol. The van der Waals surface area contributed by atoms with Crippen LogP contribution in [0.15, 0.2) is 71.8 Å². The van der Waals surface area contributed by atoms with Gasteiger partial charge in [-0.15, -0.1) is 11.8 Å². The molecular formula is C26H25Cl2N3OS. The number of imidazole rings is 1. The fourth-order valence-corrected chi connectivity index (χ4v) is 5.59. The topological polar surface area (TPSA) is 29.8 Å². The van der Waals surface area contributed by atoms with Crippen molar-refractivity contribution in [2.45, 2.75) is 23.2 Å². The summed E-state index contributed by atoms with van der Waals surface area (Å²) in [5.41, 5.74) is 5.02. The molecule has 2 aromatic heterocycles. The number of pyridine rings is 1. The van der Waals surface area contributed by atoms with Crippen molar-refractivity contribution in [2.24, 2.45) is 0 Å². The van der Waals surface area contributed by atoms with E-state index < -0.39 is 0 Å². The van der Waals surface area contributed by atoms with E-state index in [2.05, 4.69) is 52.7 Å². The lowest BCUT2D eigenvalue weighted by molar-refractivity contribution is -0.0190. The Balaban J connectivity index is 1.46. The molecule has 0 N–H and O–H groups in total. The van der Waals surface area contributed by atoms with Crippen molar-refractivity contribution in [2.75, 3.05) is 26.7 Å². The second-order valence-electron chi connectivity index (χ2n) is 8.36. The molecule has 0 bridgehead atoms. The number of likely N-dealkylation sites (N-methyl/N-ethyl adjacent to an activating group) is 1. The van der Waals surface area contributed by atoms with Crippen LogP contribution in [-0.4, -0.2) is 47.1 Å². The minimum absolute atomic E-state index is 0.109. The van der Waals surface area contributed by atoms with Crippen LogP contribution in [0.3, 0.4) is 0 Å². The van der Waals surface area contributed by atoms with Crippen molar-refractivity contribution in [1.29, 1.82) is 0 Å². The molecular weight excluding hydrogens is 473 g/mol. The Morgan fingerprint density at radius 1 is 1.09 bits per heavy atom. The van der Waals surface area contributed by atoms with Crippen LogP contribution in [0, 0.1) is 0 Å². The van der Waals surface area contributed by atoms with Crippen molar-refractivity contribution < 1.29 is 4.74 Å². The van der Waals surface area contributed by atoms with Crippen LogP contribution in [0.25, 0.3) is 16.9 Å². The van der Waals surface area contributed by atoms with Gasteiger partial charge in [-0.25, -0.2) is 4.98 Å². The molecule has 0 radical (unpaired) electrons. The Morgan fingerprint density at radius 3 is 2.73 bits per heavy atom. The van der Waals surface area contributed by atoms with Crippen LogP contribution in [0.1, 0.15) is 11.3 Å². The van der Waals surface area contributed by atoms with E-state index >= 15 is 0 Å². The molecule has 1 unspecified atom stereocenters. The molecule has 1 aliphatic heterocycles. The Morgan fingerprint density at radius 2 is 1.94 bits per heavy atom. The molecule has 0 spiro atoms. The molecule has 0 saturated carbocycles. The van der Waals surface area contributed by atoms with Crippen molar-refractivity contribution in [3.63, 3.8) is 0 Å². The molecule has 4 nitrogen and oxygen atoms in total. The van der Waals surface area contributed by atoms with E-state index in [1.165, 1.54) is 5.56 Å². The van der Waals surface area contributed by atoms with Crippen LogP contribution in [0.4, 0.5) is 0 Å². The van der Waals surface area contributed by atoms with Crippen LogP contribution in [0.2, 0.25) is 10.0 Å². The zero-order valence-electron chi connectivity index (χ0n) is 18.4. The number of ether oxygens (including phenoxy) is 1. The molecule has 0 aliphatic carbocycles. The number of halogens is 2. The highest BCUT2D eigenvalue weighted by Crippen LogP contribution is 2.35. The zero-order chi connectivity index (χ0) is 22.8. The highest BCUT2D eigenvalue weighted by Gasteiger charge is 2.24. The number of hydrogen-bond donors (Lipinski definition) is 0. The Bertz CT molecular complexity index is 1260. The van der Waals surface area contributed by atoms with Crippen molar-refractivity contribution in [1.82, 2.24) is 14.3 Å². The van der Waals surface area contributed by atoms with Gasteiger partial charge in [0.15, 0.2) is 0 Å². The van der Waals surface area contributed by atoms with E-state index in [-0.39, 0.29) is 6.10 Å². The standard InChI is InChI=1S/C26H25Cl2N3OS/c1-30-11-12-32-20(16-30)14-24-26(29-25-13-19(27)9-10-31(24)25)22-8-7-21(15-23(22)28)33-17-18-5-3-2-4-6-18/h2-10,13,15,20H,11-12,14,16-17H2,1H3. The number of fused-ring (bicyclic) bond motifs is 1. The first-order chi connectivity index (χ1) is 16.1. The smallest absolute Gasteiger partial charge is 0.139 e. The fraction of sp³-hybridized carbons (Fsp3) is 0.269. The van der Waals surface area contributed by atoms with Gasteiger partial charge in [-0.1, -0.05) is 59.6 Å². The first-order valence-corrected chi connectivity index (χ1v) is 12.7. The molecule has 3 heterocycles. The third-order valence-electron chi connectivity index (χ3n) is 5.89. The van der Waals surface area contributed by atoms with Crippen LogP contribution in [-0.2, 0) is 16.9 Å². The summed E-state index contributed by atoms with van der Waals surface area (Å²) in [7, 11) is 2.13. The Hall–Kier alpha value is -2.02. The van der Waals surface area contributed by atoms with E-state index in [1.54, 1.807) is 11.8 Å². The summed E-state index contributed by atoms with van der Waals surface area (Å²) in [4.78, 5) is 8.37. The molecule has 0 amide bonds. The van der Waals surface area contributed by atoms with Gasteiger partial charge >= 0.3 is 0 Å². The highest BCUT2D eigenvalue weighted by atomic mass is 35.5. The molecule has 1 saturated heterocycles. The summed E-state index contributed by atoms with van der Waals surface area (Å²) in [6.07, 6.45) is 2.84. The molecule has 1 fully saturated rings. The lowest BCUT2D eigenvalue weighted by atomic mass is 10.1. The number of thioether (sulfide) groups is 1. The van der Waals surface area contributed by atoms with Gasteiger partial charge in [-0.2, -0.15) is 0 Å². The van der Waals surface area contributed by atoms with Crippen molar-refractivity contribution in [3.8, 4) is 11.3 Å². The van der Waals surface area contributed by atoms with Crippen LogP contribution < -0.4 is 0 Å².